The van der Waals surface area contributed by atoms with Crippen molar-refractivity contribution in [1.29, 1.82) is 0 Å². The van der Waals surface area contributed by atoms with Crippen molar-refractivity contribution in [3.63, 3.8) is 0 Å². The Bertz CT molecular complexity index is 1610. The van der Waals surface area contributed by atoms with Crippen molar-refractivity contribution in [1.82, 2.24) is 0 Å². The Balaban J connectivity index is 4.36. The Hall–Kier alpha value is -4.71. The maximum absolute atomic E-state index is 12.8. The summed E-state index contributed by atoms with van der Waals surface area (Å²) < 4.78 is 16.7. The van der Waals surface area contributed by atoms with Gasteiger partial charge in [0.2, 0.25) is 0 Å². The Labute approximate surface area is 442 Å². The van der Waals surface area contributed by atoms with E-state index >= 15 is 0 Å². The Kier molecular flexibility index (Phi) is 55.0. The Morgan fingerprint density at radius 3 is 0.917 bits per heavy atom. The summed E-state index contributed by atoms with van der Waals surface area (Å²) in [5, 5.41) is 0. The molecule has 0 saturated carbocycles. The van der Waals surface area contributed by atoms with E-state index in [1.54, 1.807) is 6.08 Å². The third-order valence-electron chi connectivity index (χ3n) is 11.6. The molecule has 6 heteroatoms. The van der Waals surface area contributed by atoms with Gasteiger partial charge in [0.1, 0.15) is 13.2 Å². The van der Waals surface area contributed by atoms with Crippen molar-refractivity contribution in [2.75, 3.05) is 13.2 Å². The lowest BCUT2D eigenvalue weighted by Crippen LogP contribution is -2.30. The fourth-order valence-electron chi connectivity index (χ4n) is 7.38. The van der Waals surface area contributed by atoms with E-state index in [0.29, 0.717) is 19.3 Å². The highest BCUT2D eigenvalue weighted by atomic mass is 16.6. The van der Waals surface area contributed by atoms with Crippen molar-refractivity contribution in [3.8, 4) is 0 Å². The van der Waals surface area contributed by atoms with E-state index in [-0.39, 0.29) is 31.6 Å². The van der Waals surface area contributed by atoms with Crippen molar-refractivity contribution >= 4 is 17.9 Å². The number of ether oxygens (including phenoxy) is 3. The standard InChI is InChI=1S/C66H104O6/c1-4-7-10-13-16-19-22-24-26-27-28-29-30-31-32-33-34-35-36-37-38-39-41-42-44-47-50-53-56-59-65(68)71-62-63(61-70-64(67)58-55-52-49-46-21-18-15-12-9-6-3)72-66(69)60-57-54-51-48-45-43-40-25-23-20-17-14-11-8-5-2/h7-8,10-11,16-17,19-20,24-26,28-29,31-32,34-35,37-38,40,45,48,54,57,63H,4-6,9,12-15,18,21-23,27,30,33,36,39,41-44,46-47,49-53,55-56,58-62H2,1-3H3/b10-7-,11-8-,19-16-,20-17-,26-24-,29-28-,32-31-,35-34-,38-37-,40-25-,48-45-,57-54-. The molecule has 0 aliphatic carbocycles. The molecule has 0 aliphatic heterocycles. The molecule has 0 bridgehead atoms. The molecule has 0 rings (SSSR count). The molecule has 0 radical (unpaired) electrons. The van der Waals surface area contributed by atoms with Crippen molar-refractivity contribution in [2.45, 2.75) is 239 Å². The summed E-state index contributed by atoms with van der Waals surface area (Å²) >= 11 is 0. The predicted molar refractivity (Wildman–Crippen MR) is 311 cm³/mol. The van der Waals surface area contributed by atoms with Crippen molar-refractivity contribution in [2.24, 2.45) is 0 Å². The summed E-state index contributed by atoms with van der Waals surface area (Å²) in [6, 6.07) is 0. The Morgan fingerprint density at radius 2 is 0.583 bits per heavy atom. The zero-order chi connectivity index (χ0) is 52.2. The Morgan fingerprint density at radius 1 is 0.306 bits per heavy atom. The van der Waals surface area contributed by atoms with Crippen molar-refractivity contribution in [3.05, 3.63) is 146 Å². The number of carbonyl (C=O) groups excluding carboxylic acids is 3. The van der Waals surface area contributed by atoms with Gasteiger partial charge in [0, 0.05) is 12.8 Å². The molecule has 0 amide bonds. The maximum Gasteiger partial charge on any atom is 0.310 e. The van der Waals surface area contributed by atoms with Gasteiger partial charge in [-0.25, -0.2) is 0 Å². The van der Waals surface area contributed by atoms with Gasteiger partial charge in [-0.05, 0) is 103 Å². The number of allylic oxidation sites excluding steroid dienone is 23. The lowest BCUT2D eigenvalue weighted by Gasteiger charge is -2.18. The van der Waals surface area contributed by atoms with Crippen LogP contribution in [0.2, 0.25) is 0 Å². The average Bonchev–Trinajstić information content (AvgIpc) is 3.38. The summed E-state index contributed by atoms with van der Waals surface area (Å²) in [6.07, 6.45) is 84.4. The van der Waals surface area contributed by atoms with E-state index < -0.39 is 12.1 Å². The fourth-order valence-corrected chi connectivity index (χ4v) is 7.38. The van der Waals surface area contributed by atoms with Crippen LogP contribution >= 0.6 is 0 Å². The van der Waals surface area contributed by atoms with Crippen LogP contribution in [0.4, 0.5) is 0 Å². The lowest BCUT2D eigenvalue weighted by molar-refractivity contribution is -0.166. The van der Waals surface area contributed by atoms with Gasteiger partial charge in [-0.1, -0.05) is 256 Å². The van der Waals surface area contributed by atoms with Crippen LogP contribution in [0.3, 0.4) is 0 Å². The highest BCUT2D eigenvalue weighted by Gasteiger charge is 2.19. The molecule has 404 valence electrons. The summed E-state index contributed by atoms with van der Waals surface area (Å²) in [5.41, 5.74) is 0. The largest absolute Gasteiger partial charge is 0.462 e. The highest BCUT2D eigenvalue weighted by Crippen LogP contribution is 2.14. The summed E-state index contributed by atoms with van der Waals surface area (Å²) in [5.74, 6) is -1.07. The van der Waals surface area contributed by atoms with Crippen LogP contribution in [0.5, 0.6) is 0 Å². The number of esters is 3. The monoisotopic (exact) mass is 993 g/mol. The van der Waals surface area contributed by atoms with Crippen LogP contribution in [-0.2, 0) is 28.6 Å². The van der Waals surface area contributed by atoms with Crippen LogP contribution in [0, 0.1) is 0 Å². The first-order valence-corrected chi connectivity index (χ1v) is 28.8. The molecule has 1 atom stereocenters. The molecular formula is C66H104O6. The quantitative estimate of drug-likeness (QED) is 0.0261. The van der Waals surface area contributed by atoms with E-state index in [1.807, 2.05) is 6.08 Å². The minimum atomic E-state index is -0.840. The molecule has 0 aromatic rings. The van der Waals surface area contributed by atoms with Gasteiger partial charge >= 0.3 is 17.9 Å². The second-order valence-electron chi connectivity index (χ2n) is 18.5. The third kappa shape index (κ3) is 56.2. The second kappa shape index (κ2) is 58.9. The highest BCUT2D eigenvalue weighted by molar-refractivity contribution is 5.72. The van der Waals surface area contributed by atoms with Crippen LogP contribution in [0.1, 0.15) is 233 Å². The average molecular weight is 994 g/mol. The van der Waals surface area contributed by atoms with Gasteiger partial charge in [0.15, 0.2) is 6.10 Å². The van der Waals surface area contributed by atoms with Gasteiger partial charge in [0.25, 0.3) is 0 Å². The van der Waals surface area contributed by atoms with E-state index in [2.05, 4.69) is 154 Å². The van der Waals surface area contributed by atoms with E-state index in [1.165, 1.54) is 64.2 Å². The van der Waals surface area contributed by atoms with Gasteiger partial charge in [-0.2, -0.15) is 0 Å². The zero-order valence-electron chi connectivity index (χ0n) is 46.1. The fraction of sp³-hybridized carbons (Fsp3) is 0.591. The molecule has 0 heterocycles. The SMILES string of the molecule is CC/C=C\C/C=C\C/C=C\C/C=C\C/C=C\C/C=C\C/C=C\CCCCCCCCCC(=O)OCC(COC(=O)CCCCCCCCCCCC)OC(=O)C/C=C\C/C=C\C/C=C\C/C=C\C/C=C\CC. The van der Waals surface area contributed by atoms with E-state index in [9.17, 15) is 14.4 Å². The summed E-state index contributed by atoms with van der Waals surface area (Å²) in [6.45, 7) is 6.29. The molecule has 72 heavy (non-hydrogen) atoms. The first kappa shape index (κ1) is 67.3. The number of carbonyl (C=O) groups is 3. The predicted octanol–water partition coefficient (Wildman–Crippen LogP) is 19.6. The minimum absolute atomic E-state index is 0.0896. The van der Waals surface area contributed by atoms with Gasteiger partial charge in [-0.15, -0.1) is 0 Å². The van der Waals surface area contributed by atoms with Crippen LogP contribution in [0.25, 0.3) is 0 Å². The summed E-state index contributed by atoms with van der Waals surface area (Å²) in [4.78, 5) is 38.0. The minimum Gasteiger partial charge on any atom is -0.462 e. The summed E-state index contributed by atoms with van der Waals surface area (Å²) in [7, 11) is 0. The molecule has 0 aliphatic rings. The van der Waals surface area contributed by atoms with Gasteiger partial charge in [0.05, 0.1) is 6.42 Å². The molecule has 1 unspecified atom stereocenters. The molecule has 0 aromatic heterocycles. The first-order valence-electron chi connectivity index (χ1n) is 28.8. The van der Waals surface area contributed by atoms with Crippen LogP contribution in [-0.4, -0.2) is 37.2 Å². The van der Waals surface area contributed by atoms with E-state index in [0.717, 1.165) is 122 Å². The molecule has 0 aromatic carbocycles. The van der Waals surface area contributed by atoms with Crippen molar-refractivity contribution < 1.29 is 28.6 Å². The van der Waals surface area contributed by atoms with Gasteiger partial charge < -0.3 is 14.2 Å². The van der Waals surface area contributed by atoms with E-state index in [4.69, 9.17) is 14.2 Å². The molecule has 0 saturated heterocycles. The smallest absolute Gasteiger partial charge is 0.310 e. The second-order valence-corrected chi connectivity index (χ2v) is 18.5. The normalized spacial score (nSPS) is 13.2. The van der Waals surface area contributed by atoms with Crippen LogP contribution < -0.4 is 0 Å². The topological polar surface area (TPSA) is 78.9 Å². The first-order chi connectivity index (χ1) is 35.5. The van der Waals surface area contributed by atoms with Crippen LogP contribution in [0.15, 0.2) is 146 Å². The molecule has 0 fully saturated rings. The molecule has 6 nitrogen and oxygen atoms in total. The number of unbranched alkanes of at least 4 members (excludes halogenated alkanes) is 16. The lowest BCUT2D eigenvalue weighted by atomic mass is 10.1. The third-order valence-corrected chi connectivity index (χ3v) is 11.6. The number of hydrogen-bond donors (Lipinski definition) is 0. The number of rotatable bonds is 50. The molecule has 0 N–H and O–H groups in total. The zero-order valence-corrected chi connectivity index (χ0v) is 46.1. The molecular weight excluding hydrogens is 889 g/mol. The number of hydrogen-bond acceptors (Lipinski definition) is 6. The van der Waals surface area contributed by atoms with Gasteiger partial charge in [-0.3, -0.25) is 14.4 Å². The maximum atomic E-state index is 12.8. The molecule has 0 spiro atoms.